The third-order valence-electron chi connectivity index (χ3n) is 3.70. The van der Waals surface area contributed by atoms with E-state index in [-0.39, 0.29) is 16.7 Å². The molecule has 1 heterocycles. The largest absolute Gasteiger partial charge is 0.476 e. The van der Waals surface area contributed by atoms with Crippen molar-refractivity contribution >= 4 is 9.84 Å². The van der Waals surface area contributed by atoms with Crippen LogP contribution in [0.1, 0.15) is 36.2 Å². The van der Waals surface area contributed by atoms with Crippen LogP contribution in [0.3, 0.4) is 0 Å². The zero-order valence-electron chi connectivity index (χ0n) is 15.2. The number of rotatable bonds is 5. The Balaban J connectivity index is 2.65. The molecular weight excluding hydrogens is 322 g/mol. The van der Waals surface area contributed by atoms with E-state index in [1.54, 1.807) is 19.1 Å². The van der Waals surface area contributed by atoms with Crippen molar-refractivity contribution in [2.75, 3.05) is 6.61 Å². The lowest BCUT2D eigenvalue weighted by atomic mass is 10.2. The fraction of sp³-hybridized carbons (Fsp3) is 0.421. The molecule has 0 saturated heterocycles. The van der Waals surface area contributed by atoms with Gasteiger partial charge in [0.05, 0.1) is 11.5 Å². The average molecular weight is 347 g/mol. The summed E-state index contributed by atoms with van der Waals surface area (Å²) in [5.74, 6) is 0.477. The standard InChI is InChI=1S/C19H25NO3S/c1-12(2)11-23-19-18(15(5)10-16(6)20-19)24(21,22)17-8-7-13(3)9-14(17)4/h7-10,12H,11H2,1-6H3. The third-order valence-corrected chi connectivity index (χ3v) is 5.77. The molecule has 4 nitrogen and oxygen atoms in total. The van der Waals surface area contributed by atoms with Gasteiger partial charge in [-0.2, -0.15) is 0 Å². The Labute approximate surface area is 144 Å². The summed E-state index contributed by atoms with van der Waals surface area (Å²) in [5.41, 5.74) is 3.15. The Morgan fingerprint density at radius 1 is 1.04 bits per heavy atom. The molecule has 5 heteroatoms. The number of ether oxygens (including phenoxy) is 1. The van der Waals surface area contributed by atoms with Gasteiger partial charge in [0.1, 0.15) is 4.90 Å². The van der Waals surface area contributed by atoms with E-state index in [2.05, 4.69) is 4.98 Å². The number of benzene rings is 1. The predicted molar refractivity (Wildman–Crippen MR) is 95.4 cm³/mol. The summed E-state index contributed by atoms with van der Waals surface area (Å²) in [6, 6.07) is 7.12. The van der Waals surface area contributed by atoms with Crippen molar-refractivity contribution < 1.29 is 13.2 Å². The summed E-state index contributed by atoms with van der Waals surface area (Å²) in [5, 5.41) is 0. The minimum Gasteiger partial charge on any atom is -0.476 e. The van der Waals surface area contributed by atoms with Crippen molar-refractivity contribution in [3.8, 4) is 5.88 Å². The fourth-order valence-electron chi connectivity index (χ4n) is 2.67. The molecule has 2 aromatic rings. The summed E-state index contributed by atoms with van der Waals surface area (Å²) in [6.07, 6.45) is 0. The first-order valence-electron chi connectivity index (χ1n) is 8.06. The van der Waals surface area contributed by atoms with E-state index in [4.69, 9.17) is 4.74 Å². The second-order valence-corrected chi connectivity index (χ2v) is 8.55. The number of sulfone groups is 1. The molecule has 0 atom stereocenters. The molecule has 0 aliphatic rings. The molecule has 1 aromatic heterocycles. The predicted octanol–water partition coefficient (Wildman–Crippen LogP) is 4.18. The van der Waals surface area contributed by atoms with Crippen molar-refractivity contribution in [3.63, 3.8) is 0 Å². The van der Waals surface area contributed by atoms with E-state index in [0.717, 1.165) is 16.8 Å². The van der Waals surface area contributed by atoms with Crippen LogP contribution in [0.15, 0.2) is 34.1 Å². The molecule has 0 amide bonds. The van der Waals surface area contributed by atoms with Gasteiger partial charge in [-0.15, -0.1) is 0 Å². The Morgan fingerprint density at radius 2 is 1.71 bits per heavy atom. The number of aryl methyl sites for hydroxylation is 4. The average Bonchev–Trinajstić information content (AvgIpc) is 2.43. The monoisotopic (exact) mass is 347 g/mol. The fourth-order valence-corrected chi connectivity index (χ4v) is 4.44. The zero-order chi connectivity index (χ0) is 18.1. The molecule has 0 aliphatic heterocycles. The topological polar surface area (TPSA) is 56.3 Å². The Hall–Kier alpha value is -1.88. The minimum absolute atomic E-state index is 0.167. The van der Waals surface area contributed by atoms with Crippen LogP contribution in [0.2, 0.25) is 0 Å². The van der Waals surface area contributed by atoms with Crippen LogP contribution in [-0.4, -0.2) is 20.0 Å². The van der Waals surface area contributed by atoms with E-state index in [0.29, 0.717) is 17.1 Å². The van der Waals surface area contributed by atoms with E-state index in [1.165, 1.54) is 0 Å². The smallest absolute Gasteiger partial charge is 0.233 e. The first kappa shape index (κ1) is 18.5. The molecule has 0 bridgehead atoms. The zero-order valence-corrected chi connectivity index (χ0v) is 16.0. The molecule has 2 rings (SSSR count). The quantitative estimate of drug-likeness (QED) is 0.814. The van der Waals surface area contributed by atoms with Gasteiger partial charge < -0.3 is 4.74 Å². The lowest BCUT2D eigenvalue weighted by Gasteiger charge is -2.16. The van der Waals surface area contributed by atoms with Crippen LogP contribution in [0.25, 0.3) is 0 Å². The highest BCUT2D eigenvalue weighted by Gasteiger charge is 2.28. The molecule has 0 unspecified atom stereocenters. The molecule has 0 N–H and O–H groups in total. The first-order valence-corrected chi connectivity index (χ1v) is 9.54. The number of pyridine rings is 1. The summed E-state index contributed by atoms with van der Waals surface area (Å²) < 4.78 is 32.2. The van der Waals surface area contributed by atoms with Gasteiger partial charge in [0, 0.05) is 5.69 Å². The van der Waals surface area contributed by atoms with Gasteiger partial charge >= 0.3 is 0 Å². The van der Waals surface area contributed by atoms with Gasteiger partial charge in [-0.3, -0.25) is 0 Å². The molecule has 0 saturated carbocycles. The first-order chi connectivity index (χ1) is 11.1. The van der Waals surface area contributed by atoms with Crippen molar-refractivity contribution in [3.05, 3.63) is 46.6 Å². The molecule has 0 spiro atoms. The van der Waals surface area contributed by atoms with Crippen LogP contribution in [-0.2, 0) is 9.84 Å². The highest BCUT2D eigenvalue weighted by atomic mass is 32.2. The summed E-state index contributed by atoms with van der Waals surface area (Å²) in [6.45, 7) is 11.8. The third kappa shape index (κ3) is 3.78. The lowest BCUT2D eigenvalue weighted by molar-refractivity contribution is 0.253. The molecule has 0 fully saturated rings. The molecule has 130 valence electrons. The maximum absolute atomic E-state index is 13.2. The van der Waals surface area contributed by atoms with E-state index >= 15 is 0 Å². The van der Waals surface area contributed by atoms with Gasteiger partial charge in [0.2, 0.25) is 15.7 Å². The number of aromatic nitrogens is 1. The van der Waals surface area contributed by atoms with Crippen LogP contribution < -0.4 is 4.74 Å². The maximum Gasteiger partial charge on any atom is 0.233 e. The number of nitrogens with zero attached hydrogens (tertiary/aromatic N) is 1. The van der Waals surface area contributed by atoms with Crippen molar-refractivity contribution in [1.29, 1.82) is 0 Å². The van der Waals surface area contributed by atoms with Gasteiger partial charge in [0.25, 0.3) is 0 Å². The highest BCUT2D eigenvalue weighted by molar-refractivity contribution is 7.91. The lowest BCUT2D eigenvalue weighted by Crippen LogP contribution is -2.13. The van der Waals surface area contributed by atoms with E-state index < -0.39 is 9.84 Å². The van der Waals surface area contributed by atoms with E-state index in [9.17, 15) is 8.42 Å². The Kier molecular flexibility index (Phi) is 5.33. The van der Waals surface area contributed by atoms with Gasteiger partial charge in [-0.1, -0.05) is 31.5 Å². The maximum atomic E-state index is 13.2. The van der Waals surface area contributed by atoms with Crippen LogP contribution in [0.5, 0.6) is 5.88 Å². The Bertz CT molecular complexity index is 855. The molecular formula is C19H25NO3S. The van der Waals surface area contributed by atoms with Crippen LogP contribution >= 0.6 is 0 Å². The van der Waals surface area contributed by atoms with Crippen molar-refractivity contribution in [1.82, 2.24) is 4.98 Å². The minimum atomic E-state index is -3.70. The van der Waals surface area contributed by atoms with Gasteiger partial charge in [-0.05, 0) is 56.9 Å². The summed E-state index contributed by atoms with van der Waals surface area (Å²) >= 11 is 0. The van der Waals surface area contributed by atoms with Gasteiger partial charge in [0.15, 0.2) is 0 Å². The Morgan fingerprint density at radius 3 is 2.29 bits per heavy atom. The van der Waals surface area contributed by atoms with Gasteiger partial charge in [-0.25, -0.2) is 13.4 Å². The van der Waals surface area contributed by atoms with Crippen LogP contribution in [0, 0.1) is 33.6 Å². The van der Waals surface area contributed by atoms with Crippen molar-refractivity contribution in [2.45, 2.75) is 51.3 Å². The van der Waals surface area contributed by atoms with Crippen LogP contribution in [0.4, 0.5) is 0 Å². The SMILES string of the molecule is Cc1ccc(S(=O)(=O)c2c(C)cc(C)nc2OCC(C)C)c(C)c1. The molecule has 1 aromatic carbocycles. The number of hydrogen-bond acceptors (Lipinski definition) is 4. The summed E-state index contributed by atoms with van der Waals surface area (Å²) in [4.78, 5) is 4.81. The van der Waals surface area contributed by atoms with E-state index in [1.807, 2.05) is 46.8 Å². The molecule has 24 heavy (non-hydrogen) atoms. The second-order valence-electron chi connectivity index (χ2n) is 6.69. The number of hydrogen-bond donors (Lipinski definition) is 0. The molecule has 0 radical (unpaired) electrons. The highest BCUT2D eigenvalue weighted by Crippen LogP contribution is 2.33. The van der Waals surface area contributed by atoms with Crippen molar-refractivity contribution in [2.24, 2.45) is 5.92 Å². The molecule has 0 aliphatic carbocycles. The normalized spacial score (nSPS) is 11.8. The second kappa shape index (κ2) is 6.93. The summed E-state index contributed by atoms with van der Waals surface area (Å²) in [7, 11) is -3.70.